The monoisotopic (exact) mass is 228 g/mol. The maximum absolute atomic E-state index is 11.7. The minimum absolute atomic E-state index is 0.00914. The highest BCUT2D eigenvalue weighted by Gasteiger charge is 2.26. The third-order valence-corrected chi connectivity index (χ3v) is 2.88. The molecule has 1 aliphatic heterocycles. The van der Waals surface area contributed by atoms with Gasteiger partial charge in [0, 0.05) is 26.6 Å². The molecule has 0 aromatic carbocycles. The SMILES string of the molecule is COC(C)(C)CNC(=O)C1CCC(=O)NC1. The standard InChI is InChI=1S/C11H20N2O3/c1-11(2,16-3)7-13-10(15)8-4-5-9(14)12-6-8/h8H,4-7H2,1-3H3,(H,12,14)(H,13,15). The first-order valence-electron chi connectivity index (χ1n) is 5.54. The molecule has 16 heavy (non-hydrogen) atoms. The smallest absolute Gasteiger partial charge is 0.225 e. The summed E-state index contributed by atoms with van der Waals surface area (Å²) in [5.41, 5.74) is -0.354. The third kappa shape index (κ3) is 3.81. The van der Waals surface area contributed by atoms with E-state index in [-0.39, 0.29) is 23.3 Å². The van der Waals surface area contributed by atoms with Crippen molar-refractivity contribution in [3.05, 3.63) is 0 Å². The van der Waals surface area contributed by atoms with Gasteiger partial charge in [-0.05, 0) is 20.3 Å². The fourth-order valence-corrected chi connectivity index (χ4v) is 1.47. The van der Waals surface area contributed by atoms with Crippen LogP contribution in [0.5, 0.6) is 0 Å². The Morgan fingerprint density at radius 1 is 1.62 bits per heavy atom. The summed E-state index contributed by atoms with van der Waals surface area (Å²) in [5.74, 6) is -0.0863. The first kappa shape index (κ1) is 13.0. The Balaban J connectivity index is 2.33. The number of amides is 2. The largest absolute Gasteiger partial charge is 0.377 e. The summed E-state index contributed by atoms with van der Waals surface area (Å²) in [6.45, 7) is 4.75. The molecule has 5 heteroatoms. The van der Waals surface area contributed by atoms with Gasteiger partial charge in [-0.25, -0.2) is 0 Å². The Kier molecular flexibility index (Phi) is 4.29. The molecule has 1 rings (SSSR count). The van der Waals surface area contributed by atoms with Crippen LogP contribution < -0.4 is 10.6 Å². The summed E-state index contributed by atoms with van der Waals surface area (Å²) >= 11 is 0. The number of hydrogen-bond acceptors (Lipinski definition) is 3. The lowest BCUT2D eigenvalue weighted by molar-refractivity contribution is -0.129. The van der Waals surface area contributed by atoms with E-state index in [1.54, 1.807) is 7.11 Å². The van der Waals surface area contributed by atoms with Crippen LogP contribution in [0.15, 0.2) is 0 Å². The van der Waals surface area contributed by atoms with Gasteiger partial charge in [-0.3, -0.25) is 9.59 Å². The number of methoxy groups -OCH3 is 1. The maximum atomic E-state index is 11.7. The van der Waals surface area contributed by atoms with Crippen molar-refractivity contribution in [1.82, 2.24) is 10.6 Å². The molecule has 2 N–H and O–H groups in total. The number of ether oxygens (including phenoxy) is 1. The van der Waals surface area contributed by atoms with Gasteiger partial charge in [-0.2, -0.15) is 0 Å². The van der Waals surface area contributed by atoms with Crippen LogP contribution in [0.4, 0.5) is 0 Å². The predicted molar refractivity (Wildman–Crippen MR) is 59.8 cm³/mol. The Labute approximate surface area is 95.9 Å². The van der Waals surface area contributed by atoms with Gasteiger partial charge in [0.05, 0.1) is 11.5 Å². The quantitative estimate of drug-likeness (QED) is 0.714. The molecule has 0 aromatic rings. The minimum atomic E-state index is -0.354. The Morgan fingerprint density at radius 3 is 2.81 bits per heavy atom. The average Bonchev–Trinajstić information content (AvgIpc) is 2.27. The van der Waals surface area contributed by atoms with Crippen molar-refractivity contribution in [2.45, 2.75) is 32.3 Å². The van der Waals surface area contributed by atoms with Crippen molar-refractivity contribution in [3.8, 4) is 0 Å². The van der Waals surface area contributed by atoms with Crippen LogP contribution in [0.1, 0.15) is 26.7 Å². The Morgan fingerprint density at radius 2 is 2.31 bits per heavy atom. The molecule has 0 radical (unpaired) electrons. The highest BCUT2D eigenvalue weighted by molar-refractivity contribution is 5.83. The van der Waals surface area contributed by atoms with Gasteiger partial charge in [0.25, 0.3) is 0 Å². The minimum Gasteiger partial charge on any atom is -0.377 e. The van der Waals surface area contributed by atoms with E-state index in [9.17, 15) is 9.59 Å². The van der Waals surface area contributed by atoms with Crippen LogP contribution in [0, 0.1) is 5.92 Å². The van der Waals surface area contributed by atoms with Crippen molar-refractivity contribution < 1.29 is 14.3 Å². The van der Waals surface area contributed by atoms with Gasteiger partial charge in [-0.1, -0.05) is 0 Å². The van der Waals surface area contributed by atoms with Gasteiger partial charge in [0.15, 0.2) is 0 Å². The second kappa shape index (κ2) is 5.30. The molecule has 1 unspecified atom stereocenters. The van der Waals surface area contributed by atoms with Crippen LogP contribution in [0.25, 0.3) is 0 Å². The molecule has 1 saturated heterocycles. The van der Waals surface area contributed by atoms with Crippen molar-refractivity contribution in [1.29, 1.82) is 0 Å². The maximum Gasteiger partial charge on any atom is 0.225 e. The molecule has 1 fully saturated rings. The molecule has 0 aromatic heterocycles. The van der Waals surface area contributed by atoms with Crippen LogP contribution in [-0.2, 0) is 14.3 Å². The summed E-state index contributed by atoms with van der Waals surface area (Å²) in [5, 5.41) is 5.54. The first-order chi connectivity index (χ1) is 7.44. The number of carbonyl (C=O) groups excluding carboxylic acids is 2. The molecule has 0 spiro atoms. The predicted octanol–water partition coefficient (Wildman–Crippen LogP) is 0.0538. The fourth-order valence-electron chi connectivity index (χ4n) is 1.47. The number of carbonyl (C=O) groups is 2. The van der Waals surface area contributed by atoms with Crippen molar-refractivity contribution in [2.75, 3.05) is 20.2 Å². The van der Waals surface area contributed by atoms with E-state index in [4.69, 9.17) is 4.74 Å². The third-order valence-electron chi connectivity index (χ3n) is 2.88. The van der Waals surface area contributed by atoms with E-state index in [0.29, 0.717) is 25.9 Å². The lowest BCUT2D eigenvalue weighted by Crippen LogP contribution is -2.46. The molecule has 1 heterocycles. The van der Waals surface area contributed by atoms with E-state index >= 15 is 0 Å². The van der Waals surface area contributed by atoms with E-state index in [2.05, 4.69) is 10.6 Å². The van der Waals surface area contributed by atoms with Crippen LogP contribution in [-0.4, -0.2) is 37.6 Å². The number of nitrogens with one attached hydrogen (secondary N) is 2. The molecular formula is C11H20N2O3. The topological polar surface area (TPSA) is 67.4 Å². The summed E-state index contributed by atoms with van der Waals surface area (Å²) in [7, 11) is 1.62. The highest BCUT2D eigenvalue weighted by atomic mass is 16.5. The zero-order chi connectivity index (χ0) is 12.2. The molecule has 1 aliphatic rings. The van der Waals surface area contributed by atoms with Crippen LogP contribution in [0.2, 0.25) is 0 Å². The molecule has 0 aliphatic carbocycles. The molecule has 2 amide bonds. The second-order valence-electron chi connectivity index (χ2n) is 4.72. The van der Waals surface area contributed by atoms with E-state index in [1.165, 1.54) is 0 Å². The summed E-state index contributed by atoms with van der Waals surface area (Å²) < 4.78 is 5.21. The highest BCUT2D eigenvalue weighted by Crippen LogP contribution is 2.11. The zero-order valence-electron chi connectivity index (χ0n) is 10.1. The normalized spacial score (nSPS) is 21.4. The summed E-state index contributed by atoms with van der Waals surface area (Å²) in [6, 6.07) is 0. The number of hydrogen-bond donors (Lipinski definition) is 2. The van der Waals surface area contributed by atoms with Crippen molar-refractivity contribution in [3.63, 3.8) is 0 Å². The second-order valence-corrected chi connectivity index (χ2v) is 4.72. The molecule has 0 bridgehead atoms. The molecule has 92 valence electrons. The van der Waals surface area contributed by atoms with E-state index < -0.39 is 0 Å². The van der Waals surface area contributed by atoms with Crippen molar-refractivity contribution in [2.24, 2.45) is 5.92 Å². The van der Waals surface area contributed by atoms with Gasteiger partial charge >= 0.3 is 0 Å². The number of rotatable bonds is 4. The summed E-state index contributed by atoms with van der Waals surface area (Å²) in [4.78, 5) is 22.7. The van der Waals surface area contributed by atoms with Crippen LogP contribution >= 0.6 is 0 Å². The molecule has 1 atom stereocenters. The van der Waals surface area contributed by atoms with Crippen molar-refractivity contribution >= 4 is 11.8 Å². The lowest BCUT2D eigenvalue weighted by Gasteiger charge is -2.26. The van der Waals surface area contributed by atoms with E-state index in [0.717, 1.165) is 0 Å². The molecule has 5 nitrogen and oxygen atoms in total. The first-order valence-corrected chi connectivity index (χ1v) is 5.54. The van der Waals surface area contributed by atoms with E-state index in [1.807, 2.05) is 13.8 Å². The van der Waals surface area contributed by atoms with Gasteiger partial charge < -0.3 is 15.4 Å². The molecular weight excluding hydrogens is 208 g/mol. The molecule has 0 saturated carbocycles. The van der Waals surface area contributed by atoms with Gasteiger partial charge in [-0.15, -0.1) is 0 Å². The zero-order valence-corrected chi connectivity index (χ0v) is 10.1. The summed E-state index contributed by atoms with van der Waals surface area (Å²) in [6.07, 6.45) is 1.07. The lowest BCUT2D eigenvalue weighted by atomic mass is 9.98. The average molecular weight is 228 g/mol. The van der Waals surface area contributed by atoms with Crippen LogP contribution in [0.3, 0.4) is 0 Å². The number of piperidine rings is 1. The Bertz CT molecular complexity index is 266. The fraction of sp³-hybridized carbons (Fsp3) is 0.818. The van der Waals surface area contributed by atoms with Gasteiger partial charge in [0.2, 0.25) is 11.8 Å². The van der Waals surface area contributed by atoms with Gasteiger partial charge in [0.1, 0.15) is 0 Å². The Hall–Kier alpha value is -1.10.